The first-order chi connectivity index (χ1) is 11.0. The van der Waals surface area contributed by atoms with Crippen molar-refractivity contribution in [3.63, 3.8) is 0 Å². The fourth-order valence-electron chi connectivity index (χ4n) is 3.13. The molecule has 23 heavy (non-hydrogen) atoms. The van der Waals surface area contributed by atoms with Crippen molar-refractivity contribution in [2.24, 2.45) is 11.8 Å². The quantitative estimate of drug-likeness (QED) is 0.502. The van der Waals surface area contributed by atoms with Gasteiger partial charge in [0.05, 0.1) is 19.3 Å². The Balaban J connectivity index is 1.97. The number of carbonyl (C=O) groups is 2. The molecule has 0 heterocycles. The van der Waals surface area contributed by atoms with Gasteiger partial charge in [-0.05, 0) is 43.9 Å². The Bertz CT molecular complexity index is 361. The third-order valence-corrected chi connectivity index (χ3v) is 4.51. The van der Waals surface area contributed by atoms with Crippen molar-refractivity contribution in [3.05, 3.63) is 0 Å². The van der Waals surface area contributed by atoms with Gasteiger partial charge in [-0.2, -0.15) is 0 Å². The van der Waals surface area contributed by atoms with Gasteiger partial charge in [-0.3, -0.25) is 4.79 Å². The monoisotopic (exact) mass is 329 g/mol. The number of rotatable bonds is 9. The van der Waals surface area contributed by atoms with E-state index in [1.165, 1.54) is 13.3 Å². The zero-order valence-electron chi connectivity index (χ0n) is 14.4. The average molecular weight is 329 g/mol. The number of hydrogen-bond donors (Lipinski definition) is 2. The van der Waals surface area contributed by atoms with Crippen LogP contribution < -0.4 is 5.32 Å². The molecular weight excluding hydrogens is 298 g/mol. The van der Waals surface area contributed by atoms with Crippen LogP contribution in [-0.4, -0.2) is 43.0 Å². The van der Waals surface area contributed by atoms with Gasteiger partial charge in [-0.1, -0.05) is 19.8 Å². The molecule has 0 aliphatic heterocycles. The van der Waals surface area contributed by atoms with Crippen molar-refractivity contribution >= 4 is 12.1 Å². The van der Waals surface area contributed by atoms with E-state index in [-0.39, 0.29) is 25.2 Å². The van der Waals surface area contributed by atoms with Gasteiger partial charge in [0.15, 0.2) is 0 Å². The largest absolute Gasteiger partial charge is 0.464 e. The molecule has 1 aliphatic rings. The van der Waals surface area contributed by atoms with E-state index in [2.05, 4.69) is 12.2 Å². The number of aliphatic hydroxyl groups is 1. The van der Waals surface area contributed by atoms with Gasteiger partial charge in [0, 0.05) is 6.92 Å². The normalized spacial score (nSPS) is 24.0. The van der Waals surface area contributed by atoms with E-state index in [1.54, 1.807) is 0 Å². The molecule has 0 aromatic rings. The Morgan fingerprint density at radius 3 is 2.61 bits per heavy atom. The molecule has 1 rings (SSSR count). The number of alkyl carbamates (subject to hydrolysis) is 1. The number of hydrogen-bond acceptors (Lipinski definition) is 5. The van der Waals surface area contributed by atoms with E-state index < -0.39 is 6.09 Å². The van der Waals surface area contributed by atoms with Crippen LogP contribution >= 0.6 is 0 Å². The summed E-state index contributed by atoms with van der Waals surface area (Å²) in [6.07, 6.45) is 6.62. The molecular formula is C17H31NO5. The van der Waals surface area contributed by atoms with Crippen molar-refractivity contribution in [1.29, 1.82) is 0 Å². The Morgan fingerprint density at radius 1 is 1.17 bits per heavy atom. The van der Waals surface area contributed by atoms with E-state index >= 15 is 0 Å². The Kier molecular flexibility index (Phi) is 9.67. The van der Waals surface area contributed by atoms with Gasteiger partial charge < -0.3 is 19.9 Å². The van der Waals surface area contributed by atoms with Crippen LogP contribution in [0.1, 0.15) is 58.8 Å². The molecule has 6 nitrogen and oxygen atoms in total. The van der Waals surface area contributed by atoms with Gasteiger partial charge in [-0.15, -0.1) is 0 Å². The van der Waals surface area contributed by atoms with E-state index in [0.29, 0.717) is 18.4 Å². The molecule has 0 radical (unpaired) electrons. The van der Waals surface area contributed by atoms with Crippen molar-refractivity contribution < 1.29 is 24.2 Å². The summed E-state index contributed by atoms with van der Waals surface area (Å²) in [5.74, 6) is 0.717. The minimum Gasteiger partial charge on any atom is -0.464 e. The van der Waals surface area contributed by atoms with Crippen LogP contribution in [0.4, 0.5) is 4.79 Å². The van der Waals surface area contributed by atoms with Gasteiger partial charge in [0.25, 0.3) is 0 Å². The zero-order chi connectivity index (χ0) is 17.1. The molecule has 1 fully saturated rings. The van der Waals surface area contributed by atoms with Crippen LogP contribution in [-0.2, 0) is 14.3 Å². The summed E-state index contributed by atoms with van der Waals surface area (Å²) < 4.78 is 9.75. The lowest BCUT2D eigenvalue weighted by Crippen LogP contribution is -2.29. The van der Waals surface area contributed by atoms with Crippen LogP contribution in [0.15, 0.2) is 0 Å². The van der Waals surface area contributed by atoms with Crippen molar-refractivity contribution in [3.8, 4) is 0 Å². The lowest BCUT2D eigenvalue weighted by atomic mass is 9.77. The fourth-order valence-corrected chi connectivity index (χ4v) is 3.13. The number of nitrogens with one attached hydrogen (secondary N) is 1. The van der Waals surface area contributed by atoms with Gasteiger partial charge in [0.2, 0.25) is 0 Å². The average Bonchev–Trinajstić information content (AvgIpc) is 2.51. The molecule has 3 atom stereocenters. The third-order valence-electron chi connectivity index (χ3n) is 4.51. The number of amides is 1. The molecule has 0 aromatic carbocycles. The first-order valence-corrected chi connectivity index (χ1v) is 8.75. The van der Waals surface area contributed by atoms with Crippen LogP contribution in [0.3, 0.4) is 0 Å². The van der Waals surface area contributed by atoms with Gasteiger partial charge in [-0.25, -0.2) is 4.79 Å². The standard InChI is InChI=1S/C17H31NO5/c1-3-15-8-7-14(12-16(15)20)6-4-5-10-23-17(21)18-9-11-22-13(2)19/h14-16,20H,3-12H2,1-2H3,(H,18,21). The highest BCUT2D eigenvalue weighted by Gasteiger charge is 2.27. The molecule has 1 amide bonds. The number of carbonyl (C=O) groups excluding carboxylic acids is 2. The lowest BCUT2D eigenvalue weighted by Gasteiger charge is -2.32. The summed E-state index contributed by atoms with van der Waals surface area (Å²) in [6.45, 7) is 4.28. The molecule has 1 saturated carbocycles. The molecule has 3 unspecified atom stereocenters. The van der Waals surface area contributed by atoms with Crippen LogP contribution in [0, 0.1) is 11.8 Å². The number of aliphatic hydroxyl groups excluding tert-OH is 1. The van der Waals surface area contributed by atoms with E-state index in [0.717, 1.165) is 38.5 Å². The summed E-state index contributed by atoms with van der Waals surface area (Å²) in [5.41, 5.74) is 0. The zero-order valence-corrected chi connectivity index (χ0v) is 14.4. The van der Waals surface area contributed by atoms with Crippen molar-refractivity contribution in [1.82, 2.24) is 5.32 Å². The van der Waals surface area contributed by atoms with Crippen LogP contribution in [0.25, 0.3) is 0 Å². The maximum absolute atomic E-state index is 11.4. The fraction of sp³-hybridized carbons (Fsp3) is 0.882. The van der Waals surface area contributed by atoms with Gasteiger partial charge >= 0.3 is 12.1 Å². The highest BCUT2D eigenvalue weighted by atomic mass is 16.6. The van der Waals surface area contributed by atoms with E-state index in [4.69, 9.17) is 9.47 Å². The number of esters is 1. The second-order valence-electron chi connectivity index (χ2n) is 6.31. The summed E-state index contributed by atoms with van der Waals surface area (Å²) in [5, 5.41) is 12.6. The molecule has 0 bridgehead atoms. The Labute approximate surface area is 138 Å². The predicted octanol–water partition coefficient (Wildman–Crippen LogP) is 2.63. The van der Waals surface area contributed by atoms with Crippen molar-refractivity contribution in [2.45, 2.75) is 64.9 Å². The highest BCUT2D eigenvalue weighted by Crippen LogP contribution is 2.33. The topological polar surface area (TPSA) is 84.9 Å². The number of ether oxygens (including phenoxy) is 2. The second-order valence-corrected chi connectivity index (χ2v) is 6.31. The number of unbranched alkanes of at least 4 members (excludes halogenated alkanes) is 1. The highest BCUT2D eigenvalue weighted by molar-refractivity contribution is 5.67. The molecule has 134 valence electrons. The Morgan fingerprint density at radius 2 is 1.96 bits per heavy atom. The summed E-state index contributed by atoms with van der Waals surface area (Å²) in [7, 11) is 0. The SMILES string of the molecule is CCC1CCC(CCCCOC(=O)NCCOC(C)=O)CC1O. The maximum atomic E-state index is 11.4. The molecule has 0 aromatic heterocycles. The summed E-state index contributed by atoms with van der Waals surface area (Å²) >= 11 is 0. The molecule has 2 N–H and O–H groups in total. The van der Waals surface area contributed by atoms with E-state index in [9.17, 15) is 14.7 Å². The molecule has 0 saturated heterocycles. The predicted molar refractivity (Wildman–Crippen MR) is 87.0 cm³/mol. The minimum atomic E-state index is -0.476. The minimum absolute atomic E-state index is 0.141. The van der Waals surface area contributed by atoms with Crippen LogP contribution in [0.5, 0.6) is 0 Å². The van der Waals surface area contributed by atoms with Crippen molar-refractivity contribution in [2.75, 3.05) is 19.8 Å². The van der Waals surface area contributed by atoms with Crippen LogP contribution in [0.2, 0.25) is 0 Å². The molecule has 1 aliphatic carbocycles. The maximum Gasteiger partial charge on any atom is 0.407 e. The second kappa shape index (κ2) is 11.3. The molecule has 6 heteroatoms. The summed E-state index contributed by atoms with van der Waals surface area (Å²) in [6, 6.07) is 0. The van der Waals surface area contributed by atoms with E-state index in [1.807, 2.05) is 0 Å². The molecule has 0 spiro atoms. The summed E-state index contributed by atoms with van der Waals surface area (Å²) in [4.78, 5) is 21.9. The Hall–Kier alpha value is -1.30. The first-order valence-electron chi connectivity index (χ1n) is 8.75. The smallest absolute Gasteiger partial charge is 0.407 e. The lowest BCUT2D eigenvalue weighted by molar-refractivity contribution is -0.140. The third kappa shape index (κ3) is 8.79. The first kappa shape index (κ1) is 19.7. The van der Waals surface area contributed by atoms with Gasteiger partial charge in [0.1, 0.15) is 6.61 Å².